The highest BCUT2D eigenvalue weighted by Crippen LogP contribution is 2.40. The molecular weight excluding hydrogens is 612 g/mol. The number of furan rings is 1. The molecule has 210 valence electrons. The van der Waals surface area contributed by atoms with Crippen molar-refractivity contribution in [1.29, 1.82) is 0 Å². The highest BCUT2D eigenvalue weighted by atomic mass is 79.9. The van der Waals surface area contributed by atoms with Crippen molar-refractivity contribution < 1.29 is 18.7 Å². The zero-order chi connectivity index (χ0) is 28.9. The predicted molar refractivity (Wildman–Crippen MR) is 172 cm³/mol. The maximum absolute atomic E-state index is 13.6. The predicted octanol–water partition coefficient (Wildman–Crippen LogP) is 8.98. The number of ether oxygens (including phenoxy) is 2. The van der Waals surface area contributed by atoms with Gasteiger partial charge in [-0.3, -0.25) is 9.69 Å². The van der Waals surface area contributed by atoms with E-state index in [1.165, 1.54) is 17.1 Å². The van der Waals surface area contributed by atoms with Crippen LogP contribution in [0.15, 0.2) is 122 Å². The van der Waals surface area contributed by atoms with Gasteiger partial charge in [0.2, 0.25) is 0 Å². The quantitative estimate of drug-likeness (QED) is 0.151. The van der Waals surface area contributed by atoms with Gasteiger partial charge in [-0.15, -0.1) is 0 Å². The molecule has 2 heterocycles. The summed E-state index contributed by atoms with van der Waals surface area (Å²) >= 11 is 5.03. The van der Waals surface area contributed by atoms with Crippen molar-refractivity contribution in [3.63, 3.8) is 0 Å². The minimum Gasteiger partial charge on any atom is -0.490 e. The first-order valence-corrected chi connectivity index (χ1v) is 15.1. The largest absolute Gasteiger partial charge is 0.490 e. The van der Waals surface area contributed by atoms with Crippen molar-refractivity contribution in [2.75, 3.05) is 6.61 Å². The second-order valence-corrected chi connectivity index (χ2v) is 11.4. The maximum atomic E-state index is 13.6. The van der Waals surface area contributed by atoms with Gasteiger partial charge in [0.25, 0.3) is 5.91 Å². The Morgan fingerprint density at radius 2 is 1.76 bits per heavy atom. The fourth-order valence-electron chi connectivity index (χ4n) is 4.70. The summed E-state index contributed by atoms with van der Waals surface area (Å²) in [6, 6.07) is 31.6. The summed E-state index contributed by atoms with van der Waals surface area (Å²) in [5.41, 5.74) is 2.66. The van der Waals surface area contributed by atoms with E-state index in [9.17, 15) is 4.79 Å². The molecule has 1 fully saturated rings. The molecule has 6 rings (SSSR count). The molecule has 0 radical (unpaired) electrons. The number of fused-ring (bicyclic) bond motifs is 1. The molecule has 5 aromatic rings. The first kappa shape index (κ1) is 27.9. The third-order valence-corrected chi connectivity index (χ3v) is 8.24. The fourth-order valence-corrected chi connectivity index (χ4v) is 6.27. The second-order valence-electron chi connectivity index (χ2n) is 9.50. The molecule has 0 atom stereocenters. The normalized spacial score (nSPS) is 15.2. The van der Waals surface area contributed by atoms with E-state index in [1.54, 1.807) is 11.2 Å². The molecule has 1 amide bonds. The summed E-state index contributed by atoms with van der Waals surface area (Å²) < 4.78 is 18.6. The van der Waals surface area contributed by atoms with E-state index in [2.05, 4.69) is 40.2 Å². The fraction of sp³-hybridized carbons (Fsp3) is 0.118. The van der Waals surface area contributed by atoms with Gasteiger partial charge in [0.15, 0.2) is 16.7 Å². The number of hydrogen-bond acceptors (Lipinski definition) is 6. The van der Waals surface area contributed by atoms with Gasteiger partial charge in [0, 0.05) is 0 Å². The van der Waals surface area contributed by atoms with Crippen LogP contribution in [0.5, 0.6) is 11.5 Å². The standard InChI is InChI=1S/C34H27BrN2O4S/c1-2-39-30-19-23(18-29(35)32(30)41-22-25-12-8-11-24-10-6-7-16-28(24)25)20-31-33(38)37(21-27-15-9-17-40-27)34(42-31)36-26-13-4-3-5-14-26/h3-20H,2,21-22H2,1H3/b31-20-,36-34?. The maximum Gasteiger partial charge on any atom is 0.267 e. The molecule has 6 nitrogen and oxygen atoms in total. The van der Waals surface area contributed by atoms with Crippen LogP contribution < -0.4 is 9.47 Å². The minimum absolute atomic E-state index is 0.142. The van der Waals surface area contributed by atoms with Crippen LogP contribution in [0.1, 0.15) is 23.8 Å². The first-order chi connectivity index (χ1) is 20.6. The van der Waals surface area contributed by atoms with Gasteiger partial charge in [-0.2, -0.15) is 0 Å². The lowest BCUT2D eigenvalue weighted by Crippen LogP contribution is -2.28. The topological polar surface area (TPSA) is 64.3 Å². The minimum atomic E-state index is -0.142. The van der Waals surface area contributed by atoms with Crippen LogP contribution >= 0.6 is 27.7 Å². The number of para-hydroxylation sites is 1. The van der Waals surface area contributed by atoms with Crippen LogP contribution in [0.4, 0.5) is 5.69 Å². The van der Waals surface area contributed by atoms with Crippen LogP contribution in [0.25, 0.3) is 16.8 Å². The Balaban J connectivity index is 1.30. The summed E-state index contributed by atoms with van der Waals surface area (Å²) in [6.07, 6.45) is 3.46. The number of carbonyl (C=O) groups excluding carboxylic acids is 1. The SMILES string of the molecule is CCOc1cc(/C=C2\SC(=Nc3ccccc3)N(Cc3ccco3)C2=O)cc(Br)c1OCc1cccc2ccccc12. The average molecular weight is 640 g/mol. The molecule has 1 saturated heterocycles. The Hall–Kier alpha value is -4.27. The van der Waals surface area contributed by atoms with Gasteiger partial charge >= 0.3 is 0 Å². The van der Waals surface area contributed by atoms with Gasteiger partial charge in [0.05, 0.1) is 34.5 Å². The van der Waals surface area contributed by atoms with Gasteiger partial charge < -0.3 is 13.9 Å². The number of nitrogens with zero attached hydrogens (tertiary/aromatic N) is 2. The third kappa shape index (κ3) is 6.15. The molecule has 0 unspecified atom stereocenters. The molecule has 42 heavy (non-hydrogen) atoms. The van der Waals surface area contributed by atoms with Gasteiger partial charge in [-0.25, -0.2) is 4.99 Å². The van der Waals surface area contributed by atoms with Crippen LogP contribution in [0.3, 0.4) is 0 Å². The Bertz CT molecular complexity index is 1780. The molecule has 8 heteroatoms. The van der Waals surface area contributed by atoms with Crippen LogP contribution in [-0.2, 0) is 17.9 Å². The lowest BCUT2D eigenvalue weighted by Gasteiger charge is -2.16. The van der Waals surface area contributed by atoms with Crippen LogP contribution in [0, 0.1) is 0 Å². The van der Waals surface area contributed by atoms with Crippen molar-refractivity contribution in [3.8, 4) is 11.5 Å². The van der Waals surface area contributed by atoms with E-state index in [1.807, 2.05) is 85.8 Å². The van der Waals surface area contributed by atoms with Gasteiger partial charge in [-0.05, 0) is 99.0 Å². The molecule has 0 N–H and O–H groups in total. The summed E-state index contributed by atoms with van der Waals surface area (Å²) in [4.78, 5) is 20.6. The van der Waals surface area contributed by atoms with Crippen molar-refractivity contribution in [1.82, 2.24) is 4.90 Å². The Morgan fingerprint density at radius 1 is 0.952 bits per heavy atom. The number of amidine groups is 1. The number of aliphatic imine (C=N–C) groups is 1. The molecular formula is C34H27BrN2O4S. The Kier molecular flexibility index (Phi) is 8.44. The lowest BCUT2D eigenvalue weighted by atomic mass is 10.1. The summed E-state index contributed by atoms with van der Waals surface area (Å²) in [6.45, 7) is 3.07. The number of benzene rings is 4. The molecule has 1 aliphatic rings. The van der Waals surface area contributed by atoms with E-state index >= 15 is 0 Å². The van der Waals surface area contributed by atoms with E-state index in [0.717, 1.165) is 26.7 Å². The summed E-state index contributed by atoms with van der Waals surface area (Å²) in [5, 5.41) is 2.91. The molecule has 1 aromatic heterocycles. The van der Waals surface area contributed by atoms with Crippen molar-refractivity contribution in [3.05, 3.63) is 130 Å². The smallest absolute Gasteiger partial charge is 0.267 e. The number of carbonyl (C=O) groups is 1. The average Bonchev–Trinajstić information content (AvgIpc) is 3.62. The van der Waals surface area contributed by atoms with Crippen LogP contribution in [0.2, 0.25) is 0 Å². The van der Waals surface area contributed by atoms with E-state index < -0.39 is 0 Å². The van der Waals surface area contributed by atoms with Gasteiger partial charge in [0.1, 0.15) is 12.4 Å². The second kappa shape index (κ2) is 12.7. The molecule has 0 spiro atoms. The number of rotatable bonds is 9. The Morgan fingerprint density at radius 3 is 2.57 bits per heavy atom. The Labute approximate surface area is 256 Å². The van der Waals surface area contributed by atoms with Crippen LogP contribution in [-0.4, -0.2) is 22.6 Å². The van der Waals surface area contributed by atoms with Crippen molar-refractivity contribution >= 4 is 61.3 Å². The number of amides is 1. The third-order valence-electron chi connectivity index (χ3n) is 6.64. The zero-order valence-electron chi connectivity index (χ0n) is 22.8. The monoisotopic (exact) mass is 638 g/mol. The van der Waals surface area contributed by atoms with E-state index in [-0.39, 0.29) is 12.5 Å². The highest BCUT2D eigenvalue weighted by Gasteiger charge is 2.34. The molecule has 0 aliphatic carbocycles. The van der Waals surface area contributed by atoms with Crippen molar-refractivity contribution in [2.24, 2.45) is 4.99 Å². The molecule has 4 aromatic carbocycles. The summed E-state index contributed by atoms with van der Waals surface area (Å²) in [7, 11) is 0. The number of hydrogen-bond donors (Lipinski definition) is 0. The van der Waals surface area contributed by atoms with E-state index in [0.29, 0.717) is 40.5 Å². The number of thioether (sulfide) groups is 1. The van der Waals surface area contributed by atoms with Gasteiger partial charge in [-0.1, -0.05) is 60.7 Å². The number of halogens is 1. The zero-order valence-corrected chi connectivity index (χ0v) is 25.2. The summed E-state index contributed by atoms with van der Waals surface area (Å²) in [5.74, 6) is 1.75. The molecule has 0 bridgehead atoms. The van der Waals surface area contributed by atoms with Crippen molar-refractivity contribution in [2.45, 2.75) is 20.1 Å². The lowest BCUT2D eigenvalue weighted by molar-refractivity contribution is -0.122. The first-order valence-electron chi connectivity index (χ1n) is 13.5. The molecule has 1 aliphatic heterocycles. The highest BCUT2D eigenvalue weighted by molar-refractivity contribution is 9.10. The molecule has 0 saturated carbocycles. The van der Waals surface area contributed by atoms with E-state index in [4.69, 9.17) is 18.9 Å².